The van der Waals surface area contributed by atoms with Crippen LogP contribution in [-0.2, 0) is 14.3 Å². The number of benzene rings is 1. The lowest BCUT2D eigenvalue weighted by atomic mass is 9.77. The number of carbonyl (C=O) groups is 3. The van der Waals surface area contributed by atoms with E-state index in [0.29, 0.717) is 31.4 Å². The number of urea groups is 1. The van der Waals surface area contributed by atoms with Crippen LogP contribution in [-0.4, -0.2) is 61.3 Å². The van der Waals surface area contributed by atoms with Gasteiger partial charge in [-0.25, -0.2) is 4.79 Å². The van der Waals surface area contributed by atoms with Crippen LogP contribution in [0.3, 0.4) is 0 Å². The van der Waals surface area contributed by atoms with Gasteiger partial charge in [0, 0.05) is 44.3 Å². The molecule has 1 aromatic rings. The lowest BCUT2D eigenvalue weighted by Gasteiger charge is -2.46. The number of ether oxygens (including phenoxy) is 2. The maximum Gasteiger partial charge on any atom is 0.317 e. The van der Waals surface area contributed by atoms with Gasteiger partial charge < -0.3 is 30.3 Å². The fourth-order valence-electron chi connectivity index (χ4n) is 5.02. The fraction of sp³-hybridized carbons (Fsp3) is 0.609. The van der Waals surface area contributed by atoms with E-state index in [-0.39, 0.29) is 42.6 Å². The predicted molar refractivity (Wildman–Crippen MR) is 118 cm³/mol. The first-order valence-electron chi connectivity index (χ1n) is 11.4. The number of hydrogen-bond acceptors (Lipinski definition) is 5. The minimum absolute atomic E-state index is 0.0216. The monoisotopic (exact) mass is 444 g/mol. The summed E-state index contributed by atoms with van der Waals surface area (Å²) < 4.78 is 11.5. The molecule has 3 atom stereocenters. The molecule has 3 saturated heterocycles. The SMILES string of the molecule is CC(=O)Nc1ccc(OCC(=O)N2CCC([C@@H]3NC(=O)N[C@H]4OCCC[C@H]43)CC2)cc1C. The lowest BCUT2D eigenvalue weighted by Crippen LogP contribution is -2.65. The Morgan fingerprint density at radius 2 is 2.00 bits per heavy atom. The minimum atomic E-state index is -0.198. The van der Waals surface area contributed by atoms with E-state index in [2.05, 4.69) is 16.0 Å². The van der Waals surface area contributed by atoms with Gasteiger partial charge in [0.1, 0.15) is 12.0 Å². The number of likely N-dealkylation sites (tertiary alicyclic amines) is 1. The number of aryl methyl sites for hydroxylation is 1. The summed E-state index contributed by atoms with van der Waals surface area (Å²) in [6.07, 6.45) is 3.55. The Labute approximate surface area is 188 Å². The van der Waals surface area contributed by atoms with E-state index in [1.807, 2.05) is 17.9 Å². The third-order valence-electron chi connectivity index (χ3n) is 6.67. The Kier molecular flexibility index (Phi) is 6.83. The second kappa shape index (κ2) is 9.77. The molecular weight excluding hydrogens is 412 g/mol. The van der Waals surface area contributed by atoms with E-state index in [1.165, 1.54) is 6.92 Å². The van der Waals surface area contributed by atoms with Gasteiger partial charge in [-0.05, 0) is 62.3 Å². The molecule has 0 bridgehead atoms. The third-order valence-corrected chi connectivity index (χ3v) is 6.67. The summed E-state index contributed by atoms with van der Waals surface area (Å²) in [5.41, 5.74) is 1.61. The van der Waals surface area contributed by atoms with Crippen molar-refractivity contribution in [1.82, 2.24) is 15.5 Å². The zero-order valence-corrected chi connectivity index (χ0v) is 18.7. The molecule has 3 aliphatic rings. The third kappa shape index (κ3) is 5.15. The summed E-state index contributed by atoms with van der Waals surface area (Å²) in [5.74, 6) is 1.04. The summed E-state index contributed by atoms with van der Waals surface area (Å²) in [6.45, 7) is 5.33. The molecule has 0 unspecified atom stereocenters. The standard InChI is InChI=1S/C23H32N4O5/c1-14-12-17(5-6-19(14)24-15(2)28)32-13-20(29)27-9-7-16(8-10-27)21-18-4-3-11-31-22(18)26-23(30)25-21/h5-6,12,16,18,21-22H,3-4,7-11,13H2,1-2H3,(H,24,28)(H2,25,26,30)/t18-,21-,22-/m0/s1. The Morgan fingerprint density at radius 3 is 2.72 bits per heavy atom. The van der Waals surface area contributed by atoms with Gasteiger partial charge in [-0.3, -0.25) is 9.59 Å². The van der Waals surface area contributed by atoms with Crippen molar-refractivity contribution in [3.8, 4) is 5.75 Å². The number of piperidine rings is 1. The van der Waals surface area contributed by atoms with Gasteiger partial charge in [0.15, 0.2) is 6.61 Å². The number of hydrogen-bond donors (Lipinski definition) is 3. The maximum absolute atomic E-state index is 12.7. The molecule has 3 heterocycles. The molecule has 32 heavy (non-hydrogen) atoms. The van der Waals surface area contributed by atoms with E-state index >= 15 is 0 Å². The van der Waals surface area contributed by atoms with Gasteiger partial charge in [-0.15, -0.1) is 0 Å². The number of rotatable bonds is 5. The molecule has 4 rings (SSSR count). The summed E-state index contributed by atoms with van der Waals surface area (Å²) in [7, 11) is 0. The predicted octanol–water partition coefficient (Wildman–Crippen LogP) is 2.00. The van der Waals surface area contributed by atoms with Gasteiger partial charge in [0.2, 0.25) is 5.91 Å². The van der Waals surface area contributed by atoms with Gasteiger partial charge in [0.05, 0.1) is 0 Å². The minimum Gasteiger partial charge on any atom is -0.484 e. The van der Waals surface area contributed by atoms with Crippen LogP contribution in [0.4, 0.5) is 10.5 Å². The fourth-order valence-corrected chi connectivity index (χ4v) is 5.02. The number of nitrogens with one attached hydrogen (secondary N) is 3. The number of carbonyl (C=O) groups excluding carboxylic acids is 3. The molecule has 174 valence electrons. The highest BCUT2D eigenvalue weighted by Gasteiger charge is 2.43. The van der Waals surface area contributed by atoms with Crippen LogP contribution < -0.4 is 20.7 Å². The van der Waals surface area contributed by atoms with Crippen molar-refractivity contribution in [2.24, 2.45) is 11.8 Å². The second-order valence-corrected chi connectivity index (χ2v) is 8.91. The summed E-state index contributed by atoms with van der Waals surface area (Å²) in [5, 5.41) is 8.76. The van der Waals surface area contributed by atoms with Gasteiger partial charge in [-0.1, -0.05) is 0 Å². The summed E-state index contributed by atoms with van der Waals surface area (Å²) in [4.78, 5) is 37.8. The van der Waals surface area contributed by atoms with Crippen LogP contribution in [0.2, 0.25) is 0 Å². The van der Waals surface area contributed by atoms with E-state index in [1.54, 1.807) is 12.1 Å². The Bertz CT molecular complexity index is 868. The van der Waals surface area contributed by atoms with Gasteiger partial charge in [0.25, 0.3) is 5.91 Å². The molecule has 0 aliphatic carbocycles. The summed E-state index contributed by atoms with van der Waals surface area (Å²) >= 11 is 0. The molecule has 0 spiro atoms. The molecule has 9 heteroatoms. The van der Waals surface area contributed by atoms with Crippen LogP contribution in [0.15, 0.2) is 18.2 Å². The average molecular weight is 445 g/mol. The summed E-state index contributed by atoms with van der Waals surface area (Å²) in [6, 6.07) is 5.27. The molecule has 3 aliphatic heterocycles. The number of nitrogens with zero attached hydrogens (tertiary/aromatic N) is 1. The van der Waals surface area contributed by atoms with E-state index in [9.17, 15) is 14.4 Å². The zero-order chi connectivity index (χ0) is 22.7. The number of fused-ring (bicyclic) bond motifs is 1. The quantitative estimate of drug-likeness (QED) is 0.644. The highest BCUT2D eigenvalue weighted by Crippen LogP contribution is 2.33. The largest absolute Gasteiger partial charge is 0.484 e. The molecule has 4 amide bonds. The number of anilines is 1. The van der Waals surface area contributed by atoms with E-state index < -0.39 is 0 Å². The van der Waals surface area contributed by atoms with Crippen LogP contribution >= 0.6 is 0 Å². The first-order chi connectivity index (χ1) is 15.4. The molecule has 0 aromatic heterocycles. The molecule has 0 radical (unpaired) electrons. The second-order valence-electron chi connectivity index (χ2n) is 8.91. The van der Waals surface area contributed by atoms with Crippen molar-refractivity contribution in [2.75, 3.05) is 31.6 Å². The average Bonchev–Trinajstić information content (AvgIpc) is 2.78. The van der Waals surface area contributed by atoms with Crippen molar-refractivity contribution in [3.63, 3.8) is 0 Å². The lowest BCUT2D eigenvalue weighted by molar-refractivity contribution is -0.135. The first-order valence-corrected chi connectivity index (χ1v) is 11.4. The van der Waals surface area contributed by atoms with Gasteiger partial charge in [-0.2, -0.15) is 0 Å². The van der Waals surface area contributed by atoms with Crippen molar-refractivity contribution in [2.45, 2.75) is 51.8 Å². The molecule has 0 saturated carbocycles. The van der Waals surface area contributed by atoms with Crippen molar-refractivity contribution in [3.05, 3.63) is 23.8 Å². The molecular formula is C23H32N4O5. The van der Waals surface area contributed by atoms with Crippen molar-refractivity contribution >= 4 is 23.5 Å². The number of amides is 4. The molecule has 3 N–H and O–H groups in total. The van der Waals surface area contributed by atoms with Crippen LogP contribution in [0, 0.1) is 18.8 Å². The normalized spacial score (nSPS) is 25.9. The smallest absolute Gasteiger partial charge is 0.317 e. The van der Waals surface area contributed by atoms with Crippen molar-refractivity contribution < 1.29 is 23.9 Å². The Hall–Kier alpha value is -2.81. The van der Waals surface area contributed by atoms with Crippen LogP contribution in [0.25, 0.3) is 0 Å². The van der Waals surface area contributed by atoms with Crippen LogP contribution in [0.1, 0.15) is 38.2 Å². The zero-order valence-electron chi connectivity index (χ0n) is 18.7. The van der Waals surface area contributed by atoms with E-state index in [0.717, 1.165) is 36.9 Å². The van der Waals surface area contributed by atoms with E-state index in [4.69, 9.17) is 9.47 Å². The first kappa shape index (κ1) is 22.4. The Morgan fingerprint density at radius 1 is 1.22 bits per heavy atom. The molecule has 9 nitrogen and oxygen atoms in total. The van der Waals surface area contributed by atoms with Crippen molar-refractivity contribution in [1.29, 1.82) is 0 Å². The Balaban J connectivity index is 1.27. The maximum atomic E-state index is 12.7. The van der Waals surface area contributed by atoms with Gasteiger partial charge >= 0.3 is 6.03 Å². The topological polar surface area (TPSA) is 109 Å². The molecule has 1 aromatic carbocycles. The highest BCUT2D eigenvalue weighted by molar-refractivity contribution is 5.89. The molecule has 3 fully saturated rings. The van der Waals surface area contributed by atoms with Crippen LogP contribution in [0.5, 0.6) is 5.75 Å². The highest BCUT2D eigenvalue weighted by atomic mass is 16.5.